The molecule has 0 aliphatic carbocycles. The molecule has 1 aromatic heterocycles. The fourth-order valence-corrected chi connectivity index (χ4v) is 6.19. The zero-order valence-corrected chi connectivity index (χ0v) is 24.7. The molecule has 9 nitrogen and oxygen atoms in total. The minimum Gasteiger partial charge on any atom is -0.495 e. The van der Waals surface area contributed by atoms with Gasteiger partial charge in [-0.1, -0.05) is 30.3 Å². The van der Waals surface area contributed by atoms with Crippen molar-refractivity contribution in [2.24, 2.45) is 0 Å². The second kappa shape index (κ2) is 12.2. The van der Waals surface area contributed by atoms with E-state index in [1.807, 2.05) is 48.5 Å². The van der Waals surface area contributed by atoms with Crippen molar-refractivity contribution >= 4 is 23.1 Å². The Morgan fingerprint density at radius 1 is 1.02 bits per heavy atom. The molecular formula is C31H38F3N7O2. The summed E-state index contributed by atoms with van der Waals surface area (Å²) in [7, 11) is 5.90. The Kier molecular flexibility index (Phi) is 8.34. The van der Waals surface area contributed by atoms with Crippen molar-refractivity contribution in [1.29, 1.82) is 0 Å². The molecule has 4 heterocycles. The number of hydrogen-bond donors (Lipinski definition) is 1. The molecule has 12 heteroatoms. The molecule has 2 aromatic carbocycles. The summed E-state index contributed by atoms with van der Waals surface area (Å²) in [5.74, 6) is 0.396. The molecule has 0 saturated carbocycles. The van der Waals surface area contributed by atoms with Gasteiger partial charge in [-0.15, -0.1) is 0 Å². The Morgan fingerprint density at radius 3 is 2.44 bits per heavy atom. The first-order valence-corrected chi connectivity index (χ1v) is 14.7. The molecule has 0 unspecified atom stereocenters. The zero-order valence-electron chi connectivity index (χ0n) is 24.7. The second-order valence-electron chi connectivity index (χ2n) is 11.6. The minimum absolute atomic E-state index is 0.0338. The molecule has 3 fully saturated rings. The predicted molar refractivity (Wildman–Crippen MR) is 160 cm³/mol. The fourth-order valence-electron chi connectivity index (χ4n) is 6.19. The van der Waals surface area contributed by atoms with Crippen molar-refractivity contribution in [2.75, 3.05) is 69.3 Å². The molecule has 43 heavy (non-hydrogen) atoms. The number of nitrogens with zero attached hydrogens (tertiary/aromatic N) is 6. The van der Waals surface area contributed by atoms with E-state index in [9.17, 15) is 13.2 Å². The van der Waals surface area contributed by atoms with Gasteiger partial charge in [-0.25, -0.2) is 10.0 Å². The van der Waals surface area contributed by atoms with E-state index in [2.05, 4.69) is 44.1 Å². The molecular weight excluding hydrogens is 559 g/mol. The minimum atomic E-state index is -4.65. The van der Waals surface area contributed by atoms with E-state index in [-0.39, 0.29) is 18.4 Å². The summed E-state index contributed by atoms with van der Waals surface area (Å²) >= 11 is 0. The average molecular weight is 598 g/mol. The molecule has 6 rings (SSSR count). The predicted octanol–water partition coefficient (Wildman–Crippen LogP) is 5.35. The zero-order chi connectivity index (χ0) is 30.1. The van der Waals surface area contributed by atoms with Crippen molar-refractivity contribution in [3.8, 4) is 5.75 Å². The maximum Gasteiger partial charge on any atom is 0.421 e. The number of benzene rings is 2. The highest BCUT2D eigenvalue weighted by Crippen LogP contribution is 2.42. The third-order valence-electron chi connectivity index (χ3n) is 8.75. The van der Waals surface area contributed by atoms with Crippen LogP contribution < -0.4 is 20.0 Å². The van der Waals surface area contributed by atoms with Crippen LogP contribution in [-0.2, 0) is 11.0 Å². The average Bonchev–Trinajstić information content (AvgIpc) is 3.47. The van der Waals surface area contributed by atoms with Crippen LogP contribution in [0.5, 0.6) is 5.75 Å². The molecule has 0 bridgehead atoms. The van der Waals surface area contributed by atoms with E-state index in [4.69, 9.17) is 9.57 Å². The summed E-state index contributed by atoms with van der Waals surface area (Å²) in [6.45, 7) is 4.41. The smallest absolute Gasteiger partial charge is 0.421 e. The summed E-state index contributed by atoms with van der Waals surface area (Å²) in [4.78, 5) is 21.2. The van der Waals surface area contributed by atoms with E-state index in [0.717, 1.165) is 56.5 Å². The summed E-state index contributed by atoms with van der Waals surface area (Å²) in [5.41, 5.74) is 1.51. The highest BCUT2D eigenvalue weighted by molar-refractivity contribution is 5.68. The number of methoxy groups -OCH3 is 1. The van der Waals surface area contributed by atoms with E-state index in [0.29, 0.717) is 29.9 Å². The number of likely N-dealkylation sites (N-methyl/N-ethyl adjacent to an activating group) is 1. The quantitative estimate of drug-likeness (QED) is 0.370. The number of likely N-dealkylation sites (tertiary alicyclic amines) is 1. The lowest BCUT2D eigenvalue weighted by molar-refractivity contribution is -0.138. The van der Waals surface area contributed by atoms with Crippen molar-refractivity contribution in [2.45, 2.75) is 43.6 Å². The van der Waals surface area contributed by atoms with Gasteiger partial charge in [0.15, 0.2) is 5.82 Å². The lowest BCUT2D eigenvalue weighted by Gasteiger charge is -2.49. The van der Waals surface area contributed by atoms with Gasteiger partial charge in [0.05, 0.1) is 25.4 Å². The second-order valence-corrected chi connectivity index (χ2v) is 11.6. The van der Waals surface area contributed by atoms with Crippen LogP contribution in [0.4, 0.5) is 36.3 Å². The summed E-state index contributed by atoms with van der Waals surface area (Å²) in [6.07, 6.45) is -1.12. The van der Waals surface area contributed by atoms with E-state index in [1.165, 1.54) is 5.06 Å². The first-order valence-electron chi connectivity index (χ1n) is 14.7. The Bertz CT molecular complexity index is 1390. The number of aromatic nitrogens is 2. The standard InChI is InChI=1S/C31H38F3N7O2/c1-38(2)24-19-40(20-24)23-11-14-39(15-12-23)27-10-9-22(17-28(27)42-3)36-30-35-18-25(31(32,33)34)29(37-30)41-26(13-16-43-41)21-7-5-4-6-8-21/h4-10,17-18,23-24,26H,11-16,19-20H2,1-3H3,(H,35,36,37)/t26-/m0/s1. The lowest BCUT2D eigenvalue weighted by atomic mass is 9.96. The number of piperidine rings is 1. The number of hydroxylamine groups is 1. The van der Waals surface area contributed by atoms with Gasteiger partial charge in [0.25, 0.3) is 0 Å². The van der Waals surface area contributed by atoms with Gasteiger partial charge < -0.3 is 19.9 Å². The molecule has 1 atom stereocenters. The van der Waals surface area contributed by atoms with Gasteiger partial charge in [0.2, 0.25) is 5.95 Å². The topological polar surface area (TPSA) is 69.2 Å². The van der Waals surface area contributed by atoms with Crippen molar-refractivity contribution in [3.63, 3.8) is 0 Å². The van der Waals surface area contributed by atoms with Crippen molar-refractivity contribution in [3.05, 3.63) is 65.9 Å². The third kappa shape index (κ3) is 6.22. The van der Waals surface area contributed by atoms with Crippen LogP contribution in [0.15, 0.2) is 54.7 Å². The Labute approximate surface area is 250 Å². The molecule has 0 radical (unpaired) electrons. The Balaban J connectivity index is 1.18. The number of halogens is 3. The molecule has 3 aliphatic rings. The van der Waals surface area contributed by atoms with Crippen LogP contribution in [0.3, 0.4) is 0 Å². The monoisotopic (exact) mass is 597 g/mol. The molecule has 3 aromatic rings. The summed E-state index contributed by atoms with van der Waals surface area (Å²) in [6, 6.07) is 15.9. The molecule has 3 aliphatic heterocycles. The van der Waals surface area contributed by atoms with Gasteiger partial charge in [0, 0.05) is 62.6 Å². The summed E-state index contributed by atoms with van der Waals surface area (Å²) < 4.78 is 47.9. The number of rotatable bonds is 8. The van der Waals surface area contributed by atoms with Crippen LogP contribution in [0.25, 0.3) is 0 Å². The fraction of sp³-hybridized carbons (Fsp3) is 0.484. The van der Waals surface area contributed by atoms with Gasteiger partial charge in [-0.2, -0.15) is 18.2 Å². The SMILES string of the molecule is COc1cc(Nc2ncc(C(F)(F)F)c(N3OCC[C@H]3c3ccccc3)n2)ccc1N1CCC(N2CC(N(C)C)C2)CC1. The number of alkyl halides is 3. The first kappa shape index (κ1) is 29.5. The third-order valence-corrected chi connectivity index (χ3v) is 8.75. The van der Waals surface area contributed by atoms with Crippen LogP contribution in [0, 0.1) is 0 Å². The van der Waals surface area contributed by atoms with E-state index >= 15 is 0 Å². The van der Waals surface area contributed by atoms with Gasteiger partial charge in [0.1, 0.15) is 11.3 Å². The van der Waals surface area contributed by atoms with Gasteiger partial charge in [-0.05, 0) is 44.6 Å². The van der Waals surface area contributed by atoms with Crippen molar-refractivity contribution in [1.82, 2.24) is 19.8 Å². The number of hydrogen-bond acceptors (Lipinski definition) is 9. The number of nitrogens with one attached hydrogen (secondary N) is 1. The van der Waals surface area contributed by atoms with Crippen LogP contribution in [0.1, 0.15) is 36.4 Å². The Hall–Kier alpha value is -3.61. The van der Waals surface area contributed by atoms with Crippen LogP contribution >= 0.6 is 0 Å². The van der Waals surface area contributed by atoms with E-state index in [1.54, 1.807) is 7.11 Å². The maximum absolute atomic E-state index is 14.0. The highest BCUT2D eigenvalue weighted by Gasteiger charge is 2.41. The Morgan fingerprint density at radius 2 is 1.77 bits per heavy atom. The van der Waals surface area contributed by atoms with Gasteiger partial charge >= 0.3 is 6.18 Å². The molecule has 0 amide bonds. The van der Waals surface area contributed by atoms with Crippen molar-refractivity contribution < 1.29 is 22.7 Å². The van der Waals surface area contributed by atoms with Gasteiger partial charge in [-0.3, -0.25) is 9.74 Å². The molecule has 3 saturated heterocycles. The van der Waals surface area contributed by atoms with Crippen LogP contribution in [-0.4, -0.2) is 85.8 Å². The number of ether oxygens (including phenoxy) is 1. The molecule has 0 spiro atoms. The summed E-state index contributed by atoms with van der Waals surface area (Å²) in [5, 5.41) is 4.34. The number of anilines is 4. The lowest BCUT2D eigenvalue weighted by Crippen LogP contribution is -2.62. The van der Waals surface area contributed by atoms with E-state index < -0.39 is 17.8 Å². The largest absolute Gasteiger partial charge is 0.495 e. The molecule has 230 valence electrons. The first-order chi connectivity index (χ1) is 20.7. The molecule has 1 N–H and O–H groups in total. The normalized spacial score (nSPS) is 20.5. The van der Waals surface area contributed by atoms with Crippen LogP contribution in [0.2, 0.25) is 0 Å². The highest BCUT2D eigenvalue weighted by atomic mass is 19.4. The maximum atomic E-state index is 14.0.